The summed E-state index contributed by atoms with van der Waals surface area (Å²) >= 11 is 7.88. The second kappa shape index (κ2) is 6.39. The number of halogens is 1. The van der Waals surface area contributed by atoms with E-state index in [1.165, 1.54) is 4.57 Å². The van der Waals surface area contributed by atoms with Crippen molar-refractivity contribution in [2.24, 2.45) is 0 Å². The highest BCUT2D eigenvalue weighted by Gasteiger charge is 2.26. The predicted molar refractivity (Wildman–Crippen MR) is 85.2 cm³/mol. The number of hydrogen-bond donors (Lipinski definition) is 1. The van der Waals surface area contributed by atoms with Crippen molar-refractivity contribution in [2.75, 3.05) is 6.26 Å². The molecule has 1 saturated carbocycles. The lowest BCUT2D eigenvalue weighted by Crippen LogP contribution is -2.41. The molecule has 0 radical (unpaired) electrons. The third kappa shape index (κ3) is 2.98. The molecule has 2 rings (SSSR count). The first-order valence-corrected chi connectivity index (χ1v) is 8.69. The monoisotopic (exact) mass is 316 g/mol. The summed E-state index contributed by atoms with van der Waals surface area (Å²) in [5.74, 6) is 0.000589. The molecule has 1 N–H and O–H groups in total. The maximum absolute atomic E-state index is 12.6. The van der Waals surface area contributed by atoms with Crippen LogP contribution in [0.4, 0.5) is 0 Å². The Balaban J connectivity index is 2.40. The molecule has 0 bridgehead atoms. The highest BCUT2D eigenvalue weighted by Crippen LogP contribution is 2.32. The van der Waals surface area contributed by atoms with Gasteiger partial charge in [0.05, 0.1) is 5.56 Å². The molecular weight excluding hydrogens is 296 g/mol. The van der Waals surface area contributed by atoms with Gasteiger partial charge in [0.1, 0.15) is 5.15 Å². The Bertz CT molecular complexity index is 586. The number of aromatic nitrogens is 2. The van der Waals surface area contributed by atoms with E-state index in [9.17, 15) is 9.59 Å². The van der Waals surface area contributed by atoms with Crippen LogP contribution in [0.15, 0.2) is 9.59 Å². The molecule has 0 aliphatic heterocycles. The molecule has 1 aromatic rings. The molecule has 0 atom stereocenters. The summed E-state index contributed by atoms with van der Waals surface area (Å²) in [6.45, 7) is 3.83. The predicted octanol–water partition coefficient (Wildman–Crippen LogP) is 3.16. The van der Waals surface area contributed by atoms with Crippen LogP contribution >= 0.6 is 23.4 Å². The van der Waals surface area contributed by atoms with Crippen LogP contribution in [0.25, 0.3) is 0 Å². The minimum atomic E-state index is -0.378. The molecule has 0 spiro atoms. The highest BCUT2D eigenvalue weighted by atomic mass is 35.5. The Hall–Kier alpha value is -0.680. The van der Waals surface area contributed by atoms with Crippen LogP contribution in [0.3, 0.4) is 0 Å². The molecule has 0 saturated heterocycles. The van der Waals surface area contributed by atoms with Gasteiger partial charge in [0.2, 0.25) is 0 Å². The minimum Gasteiger partial charge on any atom is -0.297 e. The zero-order valence-corrected chi connectivity index (χ0v) is 13.7. The first-order chi connectivity index (χ1) is 9.45. The van der Waals surface area contributed by atoms with Gasteiger partial charge in [-0.2, -0.15) is 11.8 Å². The third-order valence-electron chi connectivity index (χ3n) is 4.04. The fourth-order valence-corrected chi connectivity index (χ4v) is 4.03. The van der Waals surface area contributed by atoms with E-state index < -0.39 is 0 Å². The summed E-state index contributed by atoms with van der Waals surface area (Å²) in [6.07, 6.45) is 5.99. The lowest BCUT2D eigenvalue weighted by Gasteiger charge is -2.28. The van der Waals surface area contributed by atoms with E-state index >= 15 is 0 Å². The van der Waals surface area contributed by atoms with Gasteiger partial charge in [-0.05, 0) is 37.9 Å². The van der Waals surface area contributed by atoms with Gasteiger partial charge >= 0.3 is 5.69 Å². The number of nitrogens with one attached hydrogen (secondary N) is 1. The summed E-state index contributed by atoms with van der Waals surface area (Å²) < 4.78 is 1.39. The van der Waals surface area contributed by atoms with E-state index in [-0.39, 0.29) is 28.4 Å². The van der Waals surface area contributed by atoms with Crippen LogP contribution in [-0.4, -0.2) is 21.1 Å². The zero-order valence-electron chi connectivity index (χ0n) is 12.1. The Labute approximate surface area is 127 Å². The lowest BCUT2D eigenvalue weighted by atomic mass is 9.94. The topological polar surface area (TPSA) is 54.9 Å². The normalized spacial score (nSPS) is 23.2. The molecule has 4 nitrogen and oxygen atoms in total. The first kappa shape index (κ1) is 15.7. The molecule has 112 valence electrons. The van der Waals surface area contributed by atoms with E-state index in [0.717, 1.165) is 25.7 Å². The SMILES string of the molecule is CSC1CCC(n2c(=O)[nH]c(Cl)c(C(C)C)c2=O)CC1. The minimum absolute atomic E-state index is 0.000589. The van der Waals surface area contributed by atoms with Crippen molar-refractivity contribution in [2.45, 2.75) is 56.7 Å². The summed E-state index contributed by atoms with van der Waals surface area (Å²) in [5.41, 5.74) is -0.0865. The van der Waals surface area contributed by atoms with E-state index in [2.05, 4.69) is 11.2 Å². The molecular formula is C14H21ClN2O2S. The van der Waals surface area contributed by atoms with Crippen LogP contribution < -0.4 is 11.2 Å². The number of rotatable bonds is 3. The van der Waals surface area contributed by atoms with Crippen LogP contribution in [0.5, 0.6) is 0 Å². The van der Waals surface area contributed by atoms with Crippen LogP contribution in [0, 0.1) is 0 Å². The number of nitrogens with zero attached hydrogens (tertiary/aromatic N) is 1. The Morgan fingerprint density at radius 3 is 2.35 bits per heavy atom. The average Bonchev–Trinajstić information content (AvgIpc) is 2.38. The van der Waals surface area contributed by atoms with Crippen molar-refractivity contribution in [3.05, 3.63) is 31.6 Å². The van der Waals surface area contributed by atoms with Gasteiger partial charge in [0, 0.05) is 11.3 Å². The summed E-state index contributed by atoms with van der Waals surface area (Å²) in [7, 11) is 0. The summed E-state index contributed by atoms with van der Waals surface area (Å²) in [5, 5.41) is 0.835. The average molecular weight is 317 g/mol. The second-order valence-electron chi connectivity index (χ2n) is 5.65. The lowest BCUT2D eigenvalue weighted by molar-refractivity contribution is 0.340. The van der Waals surface area contributed by atoms with Gasteiger partial charge in [-0.15, -0.1) is 0 Å². The van der Waals surface area contributed by atoms with Crippen LogP contribution in [0.1, 0.15) is 57.1 Å². The van der Waals surface area contributed by atoms with Crippen molar-refractivity contribution in [1.29, 1.82) is 0 Å². The van der Waals surface area contributed by atoms with Crippen molar-refractivity contribution < 1.29 is 0 Å². The molecule has 0 unspecified atom stereocenters. The fraction of sp³-hybridized carbons (Fsp3) is 0.714. The van der Waals surface area contributed by atoms with E-state index in [4.69, 9.17) is 11.6 Å². The molecule has 0 amide bonds. The Morgan fingerprint density at radius 1 is 1.25 bits per heavy atom. The number of aromatic amines is 1. The number of hydrogen-bond acceptors (Lipinski definition) is 3. The van der Waals surface area contributed by atoms with E-state index in [1.54, 1.807) is 0 Å². The van der Waals surface area contributed by atoms with Crippen molar-refractivity contribution in [1.82, 2.24) is 9.55 Å². The number of H-pyrrole nitrogens is 1. The highest BCUT2D eigenvalue weighted by molar-refractivity contribution is 7.99. The summed E-state index contributed by atoms with van der Waals surface area (Å²) in [6, 6.07) is 0.00409. The maximum Gasteiger partial charge on any atom is 0.329 e. The molecule has 1 aliphatic rings. The molecule has 1 aromatic heterocycles. The molecule has 6 heteroatoms. The quantitative estimate of drug-likeness (QED) is 0.871. The third-order valence-corrected chi connectivity index (χ3v) is 5.48. The fourth-order valence-electron chi connectivity index (χ4n) is 2.91. The molecule has 0 aromatic carbocycles. The largest absolute Gasteiger partial charge is 0.329 e. The van der Waals surface area contributed by atoms with Gasteiger partial charge in [-0.25, -0.2) is 4.79 Å². The van der Waals surface area contributed by atoms with Crippen LogP contribution in [0.2, 0.25) is 5.15 Å². The first-order valence-electron chi connectivity index (χ1n) is 7.02. The second-order valence-corrected chi connectivity index (χ2v) is 7.17. The smallest absolute Gasteiger partial charge is 0.297 e. The van der Waals surface area contributed by atoms with Gasteiger partial charge in [0.15, 0.2) is 0 Å². The van der Waals surface area contributed by atoms with Crippen molar-refractivity contribution in [3.8, 4) is 0 Å². The van der Waals surface area contributed by atoms with Crippen LogP contribution in [-0.2, 0) is 0 Å². The van der Waals surface area contributed by atoms with Crippen molar-refractivity contribution >= 4 is 23.4 Å². The van der Waals surface area contributed by atoms with E-state index in [0.29, 0.717) is 10.8 Å². The van der Waals surface area contributed by atoms with E-state index in [1.807, 2.05) is 25.6 Å². The van der Waals surface area contributed by atoms with Gasteiger partial charge in [-0.3, -0.25) is 14.3 Å². The molecule has 1 fully saturated rings. The summed E-state index contributed by atoms with van der Waals surface area (Å²) in [4.78, 5) is 27.3. The van der Waals surface area contributed by atoms with Gasteiger partial charge in [0.25, 0.3) is 5.56 Å². The maximum atomic E-state index is 12.6. The van der Waals surface area contributed by atoms with Gasteiger partial charge < -0.3 is 0 Å². The van der Waals surface area contributed by atoms with Gasteiger partial charge in [-0.1, -0.05) is 25.4 Å². The number of thioether (sulfide) groups is 1. The molecule has 1 heterocycles. The molecule has 20 heavy (non-hydrogen) atoms. The zero-order chi connectivity index (χ0) is 14.9. The molecule has 1 aliphatic carbocycles. The Morgan fingerprint density at radius 2 is 1.85 bits per heavy atom. The Kier molecular flexibility index (Phi) is 5.02. The standard InChI is InChI=1S/C14H21ClN2O2S/c1-8(2)11-12(15)16-14(19)17(13(11)18)9-4-6-10(20-3)7-5-9/h8-10H,4-7H2,1-3H3,(H,16,19). The van der Waals surface area contributed by atoms with Crippen molar-refractivity contribution in [3.63, 3.8) is 0 Å².